The average Bonchev–Trinajstić information content (AvgIpc) is 2.62. The van der Waals surface area contributed by atoms with Crippen molar-refractivity contribution in [2.24, 2.45) is 7.05 Å². The topological polar surface area (TPSA) is 54.7 Å². The Balaban J connectivity index is 2.74. The third-order valence-electron chi connectivity index (χ3n) is 3.50. The fraction of sp³-hybridized carbons (Fsp3) is 0.400. The Bertz CT molecular complexity index is 692. The summed E-state index contributed by atoms with van der Waals surface area (Å²) in [5.41, 5.74) is 2.23. The second-order valence-electron chi connectivity index (χ2n) is 5.30. The van der Waals surface area contributed by atoms with E-state index in [4.69, 9.17) is 9.84 Å². The number of carboxylic acids is 1. The first-order valence-electron chi connectivity index (χ1n) is 6.55. The lowest BCUT2D eigenvalue weighted by molar-refractivity contribution is -0.136. The van der Waals surface area contributed by atoms with Gasteiger partial charge in [-0.15, -0.1) is 0 Å². The van der Waals surface area contributed by atoms with Crippen molar-refractivity contribution in [3.63, 3.8) is 0 Å². The van der Waals surface area contributed by atoms with Gasteiger partial charge >= 0.3 is 5.97 Å². The molecule has 1 aromatic carbocycles. The van der Waals surface area contributed by atoms with Crippen LogP contribution in [-0.4, -0.2) is 41.7 Å². The Kier molecular flexibility index (Phi) is 4.18. The zero-order chi connectivity index (χ0) is 15.7. The maximum absolute atomic E-state index is 13.9. The van der Waals surface area contributed by atoms with E-state index < -0.39 is 11.8 Å². The molecule has 0 aliphatic rings. The first kappa shape index (κ1) is 15.3. The number of rotatable bonds is 5. The summed E-state index contributed by atoms with van der Waals surface area (Å²) >= 11 is 0. The zero-order valence-corrected chi connectivity index (χ0v) is 12.6. The number of aromatic nitrogens is 1. The molecule has 0 spiro atoms. The summed E-state index contributed by atoms with van der Waals surface area (Å²) in [6.45, 7) is 0.581. The van der Waals surface area contributed by atoms with E-state index in [2.05, 4.69) is 0 Å². The van der Waals surface area contributed by atoms with Crippen LogP contribution in [0.5, 0.6) is 5.75 Å². The fourth-order valence-electron chi connectivity index (χ4n) is 2.57. The number of nitrogens with zero attached hydrogens (tertiary/aromatic N) is 2. The standard InChI is InChI=1S/C15H19FN2O3/c1-17(2)8-13-10(6-15(19)20)9-5-14(21-4)11(16)7-12(9)18(13)3/h5,7H,6,8H2,1-4H3,(H,19,20). The lowest BCUT2D eigenvalue weighted by Crippen LogP contribution is -2.15. The molecule has 0 radical (unpaired) electrons. The van der Waals surface area contributed by atoms with Gasteiger partial charge in [0.1, 0.15) is 0 Å². The van der Waals surface area contributed by atoms with Gasteiger partial charge in [0.25, 0.3) is 0 Å². The first-order valence-corrected chi connectivity index (χ1v) is 6.55. The van der Waals surface area contributed by atoms with Gasteiger partial charge in [0.2, 0.25) is 0 Å². The highest BCUT2D eigenvalue weighted by Gasteiger charge is 2.20. The Hall–Kier alpha value is -2.08. The molecule has 0 saturated heterocycles. The van der Waals surface area contributed by atoms with Gasteiger partial charge in [-0.1, -0.05) is 0 Å². The zero-order valence-electron chi connectivity index (χ0n) is 12.6. The van der Waals surface area contributed by atoms with E-state index in [-0.39, 0.29) is 12.2 Å². The predicted molar refractivity (Wildman–Crippen MR) is 78.2 cm³/mol. The molecule has 0 saturated carbocycles. The van der Waals surface area contributed by atoms with Gasteiger partial charge < -0.3 is 19.3 Å². The SMILES string of the molecule is COc1cc2c(CC(=O)O)c(CN(C)C)n(C)c2cc1F. The molecule has 0 bridgehead atoms. The molecule has 6 heteroatoms. The number of halogens is 1. The Morgan fingerprint density at radius 3 is 2.62 bits per heavy atom. The number of carboxylic acid groups (broad SMARTS) is 1. The third-order valence-corrected chi connectivity index (χ3v) is 3.50. The van der Waals surface area contributed by atoms with Crippen LogP contribution in [0.2, 0.25) is 0 Å². The van der Waals surface area contributed by atoms with E-state index in [1.54, 1.807) is 6.07 Å². The second kappa shape index (κ2) is 5.73. The van der Waals surface area contributed by atoms with Crippen molar-refractivity contribution >= 4 is 16.9 Å². The van der Waals surface area contributed by atoms with Crippen LogP contribution < -0.4 is 4.74 Å². The van der Waals surface area contributed by atoms with Crippen LogP contribution in [0.4, 0.5) is 4.39 Å². The number of aryl methyl sites for hydroxylation is 1. The van der Waals surface area contributed by atoms with Gasteiger partial charge in [-0.05, 0) is 25.7 Å². The molecule has 21 heavy (non-hydrogen) atoms. The van der Waals surface area contributed by atoms with E-state index in [0.717, 1.165) is 11.1 Å². The average molecular weight is 294 g/mol. The van der Waals surface area contributed by atoms with Crippen LogP contribution >= 0.6 is 0 Å². The molecule has 0 unspecified atom stereocenters. The molecule has 1 N–H and O–H groups in total. The number of fused-ring (bicyclic) bond motifs is 1. The van der Waals surface area contributed by atoms with E-state index in [1.807, 2.05) is 30.6 Å². The number of benzene rings is 1. The lowest BCUT2D eigenvalue weighted by Gasteiger charge is -2.12. The van der Waals surface area contributed by atoms with Crippen LogP contribution in [0.25, 0.3) is 10.9 Å². The lowest BCUT2D eigenvalue weighted by atomic mass is 10.1. The Morgan fingerprint density at radius 2 is 2.10 bits per heavy atom. The van der Waals surface area contributed by atoms with E-state index in [1.165, 1.54) is 13.2 Å². The summed E-state index contributed by atoms with van der Waals surface area (Å²) in [5, 5.41) is 9.86. The van der Waals surface area contributed by atoms with E-state index in [9.17, 15) is 9.18 Å². The highest BCUT2D eigenvalue weighted by atomic mass is 19.1. The molecule has 1 heterocycles. The van der Waals surface area contributed by atoms with Crippen LogP contribution in [0.1, 0.15) is 11.3 Å². The summed E-state index contributed by atoms with van der Waals surface area (Å²) in [4.78, 5) is 13.1. The molecule has 0 atom stereocenters. The van der Waals surface area contributed by atoms with Crippen molar-refractivity contribution in [1.29, 1.82) is 0 Å². The van der Waals surface area contributed by atoms with Gasteiger partial charge in [0.15, 0.2) is 11.6 Å². The minimum atomic E-state index is -0.911. The predicted octanol–water partition coefficient (Wildman–Crippen LogP) is 2.01. The van der Waals surface area contributed by atoms with Gasteiger partial charge in [-0.25, -0.2) is 4.39 Å². The van der Waals surface area contributed by atoms with Crippen LogP contribution in [-0.2, 0) is 24.8 Å². The molecule has 2 rings (SSSR count). The number of hydrogen-bond donors (Lipinski definition) is 1. The van der Waals surface area contributed by atoms with Crippen molar-refractivity contribution < 1.29 is 19.0 Å². The summed E-state index contributed by atoms with van der Waals surface area (Å²) in [6.07, 6.45) is -0.102. The third kappa shape index (κ3) is 2.85. The molecule has 5 nitrogen and oxygen atoms in total. The molecule has 0 fully saturated rings. The molecule has 114 valence electrons. The number of carbonyl (C=O) groups is 1. The second-order valence-corrected chi connectivity index (χ2v) is 5.30. The summed E-state index contributed by atoms with van der Waals surface area (Å²) in [7, 11) is 7.02. The van der Waals surface area contributed by atoms with Crippen molar-refractivity contribution in [3.8, 4) is 5.75 Å². The largest absolute Gasteiger partial charge is 0.494 e. The van der Waals surface area contributed by atoms with Crippen molar-refractivity contribution in [2.75, 3.05) is 21.2 Å². The number of hydrogen-bond acceptors (Lipinski definition) is 3. The number of methoxy groups -OCH3 is 1. The fourth-order valence-corrected chi connectivity index (χ4v) is 2.57. The van der Waals surface area contributed by atoms with Crippen molar-refractivity contribution in [3.05, 3.63) is 29.2 Å². The van der Waals surface area contributed by atoms with Crippen LogP contribution in [0.3, 0.4) is 0 Å². The summed E-state index contributed by atoms with van der Waals surface area (Å²) in [6, 6.07) is 2.96. The molecule has 2 aromatic rings. The molecule has 0 amide bonds. The maximum atomic E-state index is 13.9. The smallest absolute Gasteiger partial charge is 0.307 e. The van der Waals surface area contributed by atoms with Gasteiger partial charge in [-0.2, -0.15) is 0 Å². The molecule has 0 aliphatic carbocycles. The Morgan fingerprint density at radius 1 is 1.43 bits per heavy atom. The normalized spacial score (nSPS) is 11.3. The molecular formula is C15H19FN2O3. The van der Waals surface area contributed by atoms with Gasteiger partial charge in [0, 0.05) is 30.7 Å². The molecule has 1 aromatic heterocycles. The van der Waals surface area contributed by atoms with Crippen molar-refractivity contribution in [2.45, 2.75) is 13.0 Å². The summed E-state index contributed by atoms with van der Waals surface area (Å²) in [5.74, 6) is -1.24. The minimum absolute atomic E-state index is 0.102. The van der Waals surface area contributed by atoms with Crippen LogP contribution in [0, 0.1) is 5.82 Å². The monoisotopic (exact) mass is 294 g/mol. The van der Waals surface area contributed by atoms with Gasteiger partial charge in [0.05, 0.1) is 19.0 Å². The number of aliphatic carboxylic acids is 1. The first-order chi connectivity index (χ1) is 9.85. The summed E-state index contributed by atoms with van der Waals surface area (Å²) < 4.78 is 20.7. The maximum Gasteiger partial charge on any atom is 0.307 e. The highest BCUT2D eigenvalue weighted by molar-refractivity contribution is 5.90. The Labute approximate surface area is 122 Å². The van der Waals surface area contributed by atoms with E-state index >= 15 is 0 Å². The molecular weight excluding hydrogens is 275 g/mol. The minimum Gasteiger partial charge on any atom is -0.494 e. The quantitative estimate of drug-likeness (QED) is 0.916. The van der Waals surface area contributed by atoms with Crippen molar-refractivity contribution in [1.82, 2.24) is 9.47 Å². The molecule has 0 aliphatic heterocycles. The number of ether oxygens (including phenoxy) is 1. The van der Waals surface area contributed by atoms with Crippen LogP contribution in [0.15, 0.2) is 12.1 Å². The van der Waals surface area contributed by atoms with E-state index in [0.29, 0.717) is 17.6 Å². The highest BCUT2D eigenvalue weighted by Crippen LogP contribution is 2.32. The van der Waals surface area contributed by atoms with Gasteiger partial charge in [-0.3, -0.25) is 4.79 Å².